The van der Waals surface area contributed by atoms with Gasteiger partial charge in [0.25, 0.3) is 0 Å². The maximum atomic E-state index is 9.99. The van der Waals surface area contributed by atoms with Gasteiger partial charge >= 0.3 is 29.6 Å². The Balaban J connectivity index is 0. The molecule has 0 spiro atoms. The quantitative estimate of drug-likeness (QED) is 0.129. The van der Waals surface area contributed by atoms with Crippen molar-refractivity contribution < 1.29 is 43.6 Å². The fourth-order valence-corrected chi connectivity index (χ4v) is 0.840. The largest absolute Gasteiger partial charge is 1.00 e. The van der Waals surface area contributed by atoms with Crippen molar-refractivity contribution in [2.24, 2.45) is 11.6 Å². The molecule has 7 nitrogen and oxygen atoms in total. The summed E-state index contributed by atoms with van der Waals surface area (Å²) >= 11 is 0. The van der Waals surface area contributed by atoms with E-state index >= 15 is 0 Å². The van der Waals surface area contributed by atoms with Gasteiger partial charge in [0.2, 0.25) is 0 Å². The van der Waals surface area contributed by atoms with Gasteiger partial charge in [-0.2, -0.15) is 0 Å². The van der Waals surface area contributed by atoms with Crippen LogP contribution < -0.4 is 51.3 Å². The third-order valence-corrected chi connectivity index (χ3v) is 1.41. The molecule has 0 aliphatic heterocycles. The van der Waals surface area contributed by atoms with Crippen molar-refractivity contribution in [2.75, 3.05) is 26.2 Å². The molecule has 9 heteroatoms. The van der Waals surface area contributed by atoms with Crippen LogP contribution in [0, 0.1) is 0 Å². The van der Waals surface area contributed by atoms with E-state index in [4.69, 9.17) is 11.6 Å². The summed E-state index contributed by atoms with van der Waals surface area (Å²) in [4.78, 5) is 9.99. The average molecular weight is 220 g/mol. The summed E-state index contributed by atoms with van der Waals surface area (Å²) in [5, 5.41) is 3.68. The van der Waals surface area contributed by atoms with E-state index < -0.39 is 8.25 Å². The van der Waals surface area contributed by atoms with Crippen molar-refractivity contribution >= 4 is 8.25 Å². The number of hydroxylamine groups is 1. The van der Waals surface area contributed by atoms with Crippen molar-refractivity contribution in [3.8, 4) is 0 Å². The third-order valence-electron chi connectivity index (χ3n) is 1.02. The molecular weight excluding hydrogens is 206 g/mol. The van der Waals surface area contributed by atoms with Crippen LogP contribution in [0.1, 0.15) is 0 Å². The molecule has 0 aliphatic rings. The second-order valence-electron chi connectivity index (χ2n) is 2.02. The summed E-state index contributed by atoms with van der Waals surface area (Å²) in [7, 11) is -3.23. The molecule has 0 saturated heterocycles. The maximum Gasteiger partial charge on any atom is 1.00 e. The zero-order valence-electron chi connectivity index (χ0n) is 7.66. The summed E-state index contributed by atoms with van der Waals surface area (Å²) in [6.07, 6.45) is 0. The topological polar surface area (TPSA) is 117 Å². The molecule has 0 aromatic carbocycles. The van der Waals surface area contributed by atoms with Crippen LogP contribution in [0.2, 0.25) is 0 Å². The molecule has 5 N–H and O–H groups in total. The van der Waals surface area contributed by atoms with Crippen LogP contribution >= 0.6 is 8.25 Å². The number of hydrazine groups is 1. The fraction of sp³-hybridized carbons (Fsp3) is 1.00. The SMILES string of the molecule is NCCNCCN(N)O[PH](=O)[O-].[Na+]. The predicted molar refractivity (Wildman–Crippen MR) is 42.9 cm³/mol. The summed E-state index contributed by atoms with van der Waals surface area (Å²) in [5.74, 6) is 5.12. The van der Waals surface area contributed by atoms with Gasteiger partial charge in [-0.1, -0.05) is 0 Å². The molecule has 1 atom stereocenters. The molecule has 0 saturated carbocycles. The first-order valence-electron chi connectivity index (χ1n) is 3.48. The summed E-state index contributed by atoms with van der Waals surface area (Å²) in [6.45, 7) is 2.02. The van der Waals surface area contributed by atoms with Crippen molar-refractivity contribution in [1.82, 2.24) is 10.5 Å². The van der Waals surface area contributed by atoms with Crippen LogP contribution in [-0.2, 0) is 9.19 Å². The smallest absolute Gasteiger partial charge is 0.779 e. The van der Waals surface area contributed by atoms with E-state index in [0.29, 0.717) is 26.2 Å². The van der Waals surface area contributed by atoms with E-state index in [1.165, 1.54) is 0 Å². The minimum atomic E-state index is -3.23. The standard InChI is InChI=1S/C4H15N4O3P.Na/c5-1-2-7-3-4-8(6)11-12(9)10;/h7,12H,1-6H2,(H,9,10);/q;+1/p-1. The van der Waals surface area contributed by atoms with E-state index in [1.54, 1.807) is 0 Å². The monoisotopic (exact) mass is 220 g/mol. The third kappa shape index (κ3) is 13.0. The summed E-state index contributed by atoms with van der Waals surface area (Å²) in [6, 6.07) is 0. The number of nitrogens with one attached hydrogen (secondary N) is 1. The first-order valence-corrected chi connectivity index (χ1v) is 4.71. The molecule has 0 heterocycles. The Labute approximate surface area is 99.9 Å². The van der Waals surface area contributed by atoms with Crippen LogP contribution in [0.25, 0.3) is 0 Å². The Kier molecular flexibility index (Phi) is 14.0. The summed E-state index contributed by atoms with van der Waals surface area (Å²) in [5.41, 5.74) is 5.19. The second kappa shape index (κ2) is 11.1. The Morgan fingerprint density at radius 3 is 2.62 bits per heavy atom. The fourth-order valence-electron chi connectivity index (χ4n) is 0.558. The molecule has 13 heavy (non-hydrogen) atoms. The first kappa shape index (κ1) is 16.4. The summed E-state index contributed by atoms with van der Waals surface area (Å²) < 4.78 is 14.1. The number of hydrogen-bond acceptors (Lipinski definition) is 7. The maximum absolute atomic E-state index is 9.99. The van der Waals surface area contributed by atoms with Gasteiger partial charge in [-0.15, -0.1) is 5.17 Å². The molecule has 0 aliphatic carbocycles. The minimum Gasteiger partial charge on any atom is -0.779 e. The molecular formula is C4H14N4NaO3P. The van der Waals surface area contributed by atoms with E-state index in [0.717, 1.165) is 5.17 Å². The number of nitrogens with zero attached hydrogens (tertiary/aromatic N) is 1. The van der Waals surface area contributed by atoms with E-state index in [2.05, 4.69) is 9.94 Å². The van der Waals surface area contributed by atoms with Crippen molar-refractivity contribution in [3.05, 3.63) is 0 Å². The second-order valence-corrected chi connectivity index (χ2v) is 2.70. The van der Waals surface area contributed by atoms with E-state index in [1.807, 2.05) is 0 Å². The molecule has 0 bridgehead atoms. The van der Waals surface area contributed by atoms with Crippen LogP contribution in [-0.4, -0.2) is 31.4 Å². The Hall–Kier alpha value is 0.990. The molecule has 0 fully saturated rings. The van der Waals surface area contributed by atoms with E-state index in [9.17, 15) is 9.46 Å². The molecule has 1 unspecified atom stereocenters. The van der Waals surface area contributed by atoms with Gasteiger partial charge in [-0.3, -0.25) is 0 Å². The van der Waals surface area contributed by atoms with Gasteiger partial charge in [-0.25, -0.2) is 10.5 Å². The van der Waals surface area contributed by atoms with Gasteiger partial charge in [-0.05, 0) is 0 Å². The molecule has 0 rings (SSSR count). The van der Waals surface area contributed by atoms with Gasteiger partial charge in [0, 0.05) is 19.6 Å². The number of nitrogens with two attached hydrogens (primary N) is 2. The van der Waals surface area contributed by atoms with Crippen molar-refractivity contribution in [3.63, 3.8) is 0 Å². The van der Waals surface area contributed by atoms with Crippen molar-refractivity contribution in [2.45, 2.75) is 0 Å². The van der Waals surface area contributed by atoms with Crippen LogP contribution in [0.5, 0.6) is 0 Å². The van der Waals surface area contributed by atoms with Gasteiger partial charge in [0.15, 0.2) is 0 Å². The normalized spacial score (nSPS) is 12.6. The van der Waals surface area contributed by atoms with E-state index in [-0.39, 0.29) is 29.6 Å². The molecule has 74 valence electrons. The molecule has 0 aromatic rings. The Morgan fingerprint density at radius 1 is 1.54 bits per heavy atom. The zero-order valence-corrected chi connectivity index (χ0v) is 10.7. The van der Waals surface area contributed by atoms with Gasteiger partial charge in [0.1, 0.15) is 8.25 Å². The van der Waals surface area contributed by atoms with Crippen molar-refractivity contribution in [1.29, 1.82) is 0 Å². The zero-order chi connectivity index (χ0) is 9.40. The van der Waals surface area contributed by atoms with Gasteiger partial charge in [0.05, 0.1) is 6.54 Å². The predicted octanol–water partition coefficient (Wildman–Crippen LogP) is -5.60. The van der Waals surface area contributed by atoms with Crippen LogP contribution in [0.15, 0.2) is 0 Å². The number of rotatable bonds is 7. The van der Waals surface area contributed by atoms with Crippen LogP contribution in [0.4, 0.5) is 0 Å². The Morgan fingerprint density at radius 2 is 2.15 bits per heavy atom. The van der Waals surface area contributed by atoms with Gasteiger partial charge < -0.3 is 20.5 Å². The molecule has 0 radical (unpaired) electrons. The number of hydrogen-bond donors (Lipinski definition) is 3. The average Bonchev–Trinajstić information content (AvgIpc) is 1.97. The first-order chi connectivity index (χ1) is 5.66. The van der Waals surface area contributed by atoms with Crippen LogP contribution in [0.3, 0.4) is 0 Å². The Bertz CT molecular complexity index is 141. The minimum absolute atomic E-state index is 0. The molecule has 0 aromatic heterocycles. The molecule has 0 amide bonds.